The molecule has 1 aliphatic rings. The number of nitrogens with zero attached hydrogens (tertiary/aromatic N) is 2. The molecule has 0 spiro atoms. The molecule has 0 amide bonds. The van der Waals surface area contributed by atoms with Crippen LogP contribution in [0.5, 0.6) is 0 Å². The Morgan fingerprint density at radius 2 is 1.32 bits per heavy atom. The van der Waals surface area contributed by atoms with Crippen LogP contribution >= 0.6 is 0 Å². The summed E-state index contributed by atoms with van der Waals surface area (Å²) < 4.78 is 0. The van der Waals surface area contributed by atoms with Gasteiger partial charge in [0.1, 0.15) is 6.54 Å². The van der Waals surface area contributed by atoms with Gasteiger partial charge in [0.15, 0.2) is 0 Å². The van der Waals surface area contributed by atoms with Crippen molar-refractivity contribution in [3.8, 4) is 0 Å². The number of nitrogens with one attached hydrogen (secondary N) is 1. The Balaban J connectivity index is 1.11. The number of unbranched alkanes of at least 4 members (excludes halogenated alkanes) is 9. The third-order valence-electron chi connectivity index (χ3n) is 7.29. The van der Waals surface area contributed by atoms with Crippen LogP contribution < -0.4 is 4.90 Å². The van der Waals surface area contributed by atoms with Crippen molar-refractivity contribution >= 4 is 0 Å². The summed E-state index contributed by atoms with van der Waals surface area (Å²) in [6.07, 6.45) is 43.2. The molecule has 2 aromatic heterocycles. The summed E-state index contributed by atoms with van der Waals surface area (Å²) in [7, 11) is 0. The minimum atomic E-state index is 1.00. The first-order valence-electron chi connectivity index (χ1n) is 15.2. The van der Waals surface area contributed by atoms with Gasteiger partial charge in [-0.25, -0.2) is 0 Å². The third kappa shape index (κ3) is 14.2. The summed E-state index contributed by atoms with van der Waals surface area (Å²) in [5.41, 5.74) is 4.18. The number of quaternary nitrogens is 1. The molecular formula is C35H50N3+. The van der Waals surface area contributed by atoms with E-state index in [9.17, 15) is 0 Å². The molecule has 2 aromatic rings. The summed E-state index contributed by atoms with van der Waals surface area (Å²) in [6.45, 7) is 2.45. The van der Waals surface area contributed by atoms with Gasteiger partial charge in [0.25, 0.3) is 0 Å². The molecule has 1 N–H and O–H groups in total. The van der Waals surface area contributed by atoms with Crippen molar-refractivity contribution in [2.75, 3.05) is 13.1 Å². The minimum Gasteiger partial charge on any atom is -0.305 e. The molecule has 0 aromatic carbocycles. The van der Waals surface area contributed by atoms with Gasteiger partial charge < -0.3 is 4.90 Å². The van der Waals surface area contributed by atoms with E-state index in [1.807, 2.05) is 36.9 Å². The molecule has 0 fully saturated rings. The predicted molar refractivity (Wildman–Crippen MR) is 162 cm³/mol. The fourth-order valence-corrected chi connectivity index (χ4v) is 5.04. The van der Waals surface area contributed by atoms with E-state index < -0.39 is 0 Å². The first kappa shape index (κ1) is 29.8. The minimum absolute atomic E-state index is 1.00. The van der Waals surface area contributed by atoms with E-state index in [0.717, 1.165) is 19.3 Å². The second-order valence-corrected chi connectivity index (χ2v) is 10.7. The van der Waals surface area contributed by atoms with E-state index in [2.05, 4.69) is 64.8 Å². The highest BCUT2D eigenvalue weighted by Crippen LogP contribution is 2.13. The Kier molecular flexibility index (Phi) is 15.8. The van der Waals surface area contributed by atoms with E-state index in [-0.39, 0.29) is 0 Å². The van der Waals surface area contributed by atoms with Crippen molar-refractivity contribution in [1.29, 1.82) is 0 Å². The van der Waals surface area contributed by atoms with Gasteiger partial charge >= 0.3 is 0 Å². The molecule has 3 rings (SSSR count). The quantitative estimate of drug-likeness (QED) is 0.145. The van der Waals surface area contributed by atoms with Gasteiger partial charge in [-0.3, -0.25) is 9.97 Å². The van der Waals surface area contributed by atoms with Crippen LogP contribution in [-0.2, 0) is 12.8 Å². The van der Waals surface area contributed by atoms with E-state index >= 15 is 0 Å². The van der Waals surface area contributed by atoms with E-state index in [1.165, 1.54) is 101 Å². The molecule has 0 saturated carbocycles. The number of pyridine rings is 2. The molecule has 1 aliphatic heterocycles. The topological polar surface area (TPSA) is 30.2 Å². The van der Waals surface area contributed by atoms with Gasteiger partial charge in [-0.15, -0.1) is 0 Å². The SMILES string of the molecule is C(=CCc1cccnc1)CCCCCCC[NH+]1C=C(CCCCCCC=CCCc2cccnc2)C=CC1. The molecular weight excluding hydrogens is 462 g/mol. The van der Waals surface area contributed by atoms with Gasteiger partial charge in [0.2, 0.25) is 0 Å². The molecule has 3 nitrogen and oxygen atoms in total. The second kappa shape index (κ2) is 20.2. The number of aryl methyl sites for hydroxylation is 1. The highest BCUT2D eigenvalue weighted by molar-refractivity contribution is 5.18. The number of hydrogen-bond acceptors (Lipinski definition) is 2. The van der Waals surface area contributed by atoms with Crippen molar-refractivity contribution < 1.29 is 4.90 Å². The van der Waals surface area contributed by atoms with Crippen molar-refractivity contribution in [2.24, 2.45) is 0 Å². The first-order valence-corrected chi connectivity index (χ1v) is 15.2. The molecule has 204 valence electrons. The lowest BCUT2D eigenvalue weighted by Gasteiger charge is -2.18. The lowest BCUT2D eigenvalue weighted by atomic mass is 10.0. The van der Waals surface area contributed by atoms with Gasteiger partial charge in [-0.2, -0.15) is 0 Å². The van der Waals surface area contributed by atoms with Crippen LogP contribution in [0.25, 0.3) is 0 Å². The van der Waals surface area contributed by atoms with Gasteiger partial charge in [0.05, 0.1) is 12.7 Å². The van der Waals surface area contributed by atoms with E-state index in [4.69, 9.17) is 0 Å². The van der Waals surface area contributed by atoms with Crippen molar-refractivity contribution in [3.63, 3.8) is 0 Å². The lowest BCUT2D eigenvalue weighted by molar-refractivity contribution is -0.841. The van der Waals surface area contributed by atoms with Crippen molar-refractivity contribution in [2.45, 2.75) is 96.3 Å². The van der Waals surface area contributed by atoms with Crippen molar-refractivity contribution in [1.82, 2.24) is 9.97 Å². The fourth-order valence-electron chi connectivity index (χ4n) is 5.04. The maximum atomic E-state index is 4.18. The van der Waals surface area contributed by atoms with Crippen LogP contribution in [0.15, 0.2) is 97.3 Å². The highest BCUT2D eigenvalue weighted by atomic mass is 15.1. The maximum absolute atomic E-state index is 4.18. The Labute approximate surface area is 232 Å². The Morgan fingerprint density at radius 3 is 2.08 bits per heavy atom. The molecule has 0 aliphatic carbocycles. The molecule has 1 atom stereocenters. The van der Waals surface area contributed by atoms with E-state index in [0.29, 0.717) is 0 Å². The normalized spacial score (nSPS) is 15.5. The summed E-state index contributed by atoms with van der Waals surface area (Å²) in [5.74, 6) is 0. The largest absolute Gasteiger partial charge is 0.305 e. The average molecular weight is 513 g/mol. The molecule has 3 heteroatoms. The average Bonchev–Trinajstić information content (AvgIpc) is 2.96. The smallest absolute Gasteiger partial charge is 0.100 e. The zero-order valence-electron chi connectivity index (χ0n) is 23.6. The van der Waals surface area contributed by atoms with Crippen LogP contribution in [0.1, 0.15) is 94.6 Å². The fraction of sp³-hybridized carbons (Fsp3) is 0.486. The second-order valence-electron chi connectivity index (χ2n) is 10.7. The number of hydrogen-bond donors (Lipinski definition) is 1. The number of aromatic nitrogens is 2. The standard InChI is InChI=1S/C35H49N3/c1(5-9-13-20-33-23-17-26-36-30-33)2-7-11-15-22-35-25-19-29-38(32-35)28-16-12-8-4-3-6-10-14-21-34-24-18-27-37-31-34/h5,9-10,14,17-19,23-27,30-32H,1-4,6-8,11-13,15-16,20-22,28-29H2/p+1. The van der Waals surface area contributed by atoms with Crippen LogP contribution in [0.4, 0.5) is 0 Å². The summed E-state index contributed by atoms with van der Waals surface area (Å²) >= 11 is 0. The molecule has 1 unspecified atom stereocenters. The monoisotopic (exact) mass is 512 g/mol. The molecule has 3 heterocycles. The van der Waals surface area contributed by atoms with Crippen LogP contribution in [-0.4, -0.2) is 23.1 Å². The molecule has 0 bridgehead atoms. The Bertz CT molecular complexity index is 959. The predicted octanol–water partition coefficient (Wildman–Crippen LogP) is 7.78. The first-order chi connectivity index (χ1) is 18.9. The van der Waals surface area contributed by atoms with Gasteiger partial charge in [-0.1, -0.05) is 68.2 Å². The van der Waals surface area contributed by atoms with Crippen LogP contribution in [0.3, 0.4) is 0 Å². The van der Waals surface area contributed by atoms with Crippen molar-refractivity contribution in [3.05, 3.63) is 108 Å². The Hall–Kier alpha value is -2.78. The molecule has 38 heavy (non-hydrogen) atoms. The summed E-state index contributed by atoms with van der Waals surface area (Å²) in [5, 5.41) is 0. The van der Waals surface area contributed by atoms with Crippen LogP contribution in [0.2, 0.25) is 0 Å². The van der Waals surface area contributed by atoms with Gasteiger partial charge in [0, 0.05) is 30.4 Å². The zero-order valence-corrected chi connectivity index (χ0v) is 23.6. The zero-order chi connectivity index (χ0) is 26.4. The maximum Gasteiger partial charge on any atom is 0.100 e. The van der Waals surface area contributed by atoms with Gasteiger partial charge in [-0.05, 0) is 100.0 Å². The van der Waals surface area contributed by atoms with E-state index in [1.54, 1.807) is 10.5 Å². The Morgan fingerprint density at radius 1 is 0.658 bits per heavy atom. The lowest BCUT2D eigenvalue weighted by Crippen LogP contribution is -3.07. The third-order valence-corrected chi connectivity index (χ3v) is 7.29. The highest BCUT2D eigenvalue weighted by Gasteiger charge is 2.09. The number of rotatable bonds is 20. The summed E-state index contributed by atoms with van der Waals surface area (Å²) in [4.78, 5) is 10.0. The number of allylic oxidation sites excluding steroid dienone is 6. The molecule has 0 saturated heterocycles. The summed E-state index contributed by atoms with van der Waals surface area (Å²) in [6, 6.07) is 8.33. The molecule has 0 radical (unpaired) electrons. The van der Waals surface area contributed by atoms with Crippen LogP contribution in [0, 0.1) is 0 Å².